The second kappa shape index (κ2) is 9.03. The lowest BCUT2D eigenvalue weighted by molar-refractivity contribution is 0.144. The standard InChI is InChI=1S/C17H25N5O3/c1-13(16-18-12-19-21(16)2)20-17(23)22(8-9-24-3)11-14-6-5-7-15(10-14)25-4/h5-7,10,12-13H,8-9,11H2,1-4H3,(H,20,23)/t13-/m1/s1. The van der Waals surface area contributed by atoms with Gasteiger partial charge in [0.25, 0.3) is 0 Å². The van der Waals surface area contributed by atoms with Crippen molar-refractivity contribution in [3.63, 3.8) is 0 Å². The first-order valence-corrected chi connectivity index (χ1v) is 8.06. The lowest BCUT2D eigenvalue weighted by Gasteiger charge is -2.25. The Hall–Kier alpha value is -2.61. The van der Waals surface area contributed by atoms with Gasteiger partial charge in [-0.3, -0.25) is 4.68 Å². The van der Waals surface area contributed by atoms with Gasteiger partial charge in [-0.05, 0) is 24.6 Å². The lowest BCUT2D eigenvalue weighted by atomic mass is 10.2. The van der Waals surface area contributed by atoms with Crippen molar-refractivity contribution in [3.05, 3.63) is 42.0 Å². The lowest BCUT2D eigenvalue weighted by Crippen LogP contribution is -2.42. The maximum Gasteiger partial charge on any atom is 0.318 e. The molecule has 1 heterocycles. The summed E-state index contributed by atoms with van der Waals surface area (Å²) in [5.74, 6) is 1.46. The number of amides is 2. The number of hydrogen-bond acceptors (Lipinski definition) is 5. The molecule has 1 N–H and O–H groups in total. The molecule has 2 aromatic rings. The summed E-state index contributed by atoms with van der Waals surface area (Å²) in [6, 6.07) is 7.22. The SMILES string of the molecule is COCCN(Cc1cccc(OC)c1)C(=O)N[C@H](C)c1ncnn1C. The predicted octanol–water partition coefficient (Wildman–Crippen LogP) is 1.74. The van der Waals surface area contributed by atoms with E-state index in [2.05, 4.69) is 15.4 Å². The van der Waals surface area contributed by atoms with Gasteiger partial charge >= 0.3 is 6.03 Å². The molecule has 136 valence electrons. The Balaban J connectivity index is 2.07. The van der Waals surface area contributed by atoms with Crippen LogP contribution in [-0.2, 0) is 18.3 Å². The Morgan fingerprint density at radius 3 is 2.84 bits per heavy atom. The smallest absolute Gasteiger partial charge is 0.318 e. The van der Waals surface area contributed by atoms with Crippen LogP contribution in [0.4, 0.5) is 4.79 Å². The quantitative estimate of drug-likeness (QED) is 0.787. The summed E-state index contributed by atoms with van der Waals surface area (Å²) in [5, 5.41) is 6.99. The fraction of sp³-hybridized carbons (Fsp3) is 0.471. The second-order valence-electron chi connectivity index (χ2n) is 5.68. The molecular weight excluding hydrogens is 322 g/mol. The summed E-state index contributed by atoms with van der Waals surface area (Å²) in [6.45, 7) is 3.26. The number of carbonyl (C=O) groups excluding carboxylic acids is 1. The van der Waals surface area contributed by atoms with Crippen molar-refractivity contribution in [1.29, 1.82) is 0 Å². The molecule has 0 spiro atoms. The number of hydrogen-bond donors (Lipinski definition) is 1. The normalized spacial score (nSPS) is 11.8. The maximum atomic E-state index is 12.7. The van der Waals surface area contributed by atoms with E-state index >= 15 is 0 Å². The summed E-state index contributed by atoms with van der Waals surface area (Å²) in [7, 11) is 5.03. The molecule has 1 aromatic carbocycles. The van der Waals surface area contributed by atoms with Gasteiger partial charge in [0.1, 0.15) is 17.9 Å². The molecule has 8 heteroatoms. The average molecular weight is 347 g/mol. The van der Waals surface area contributed by atoms with Gasteiger partial charge in [-0.1, -0.05) is 12.1 Å². The van der Waals surface area contributed by atoms with E-state index < -0.39 is 0 Å². The summed E-state index contributed by atoms with van der Waals surface area (Å²) >= 11 is 0. The Morgan fingerprint density at radius 1 is 1.40 bits per heavy atom. The van der Waals surface area contributed by atoms with Gasteiger partial charge in [0.2, 0.25) is 0 Å². The number of nitrogens with one attached hydrogen (secondary N) is 1. The highest BCUT2D eigenvalue weighted by molar-refractivity contribution is 5.74. The molecule has 1 atom stereocenters. The number of aryl methyl sites for hydroxylation is 1. The largest absolute Gasteiger partial charge is 0.497 e. The third-order valence-corrected chi connectivity index (χ3v) is 3.83. The summed E-state index contributed by atoms with van der Waals surface area (Å²) in [6.07, 6.45) is 1.47. The van der Waals surface area contributed by atoms with Gasteiger partial charge in [-0.15, -0.1) is 0 Å². The van der Waals surface area contributed by atoms with Gasteiger partial charge in [-0.25, -0.2) is 9.78 Å². The van der Waals surface area contributed by atoms with Crippen LogP contribution in [0.25, 0.3) is 0 Å². The summed E-state index contributed by atoms with van der Waals surface area (Å²) in [4.78, 5) is 18.6. The van der Waals surface area contributed by atoms with Crippen molar-refractivity contribution in [2.24, 2.45) is 7.05 Å². The van der Waals surface area contributed by atoms with Crippen LogP contribution in [0.5, 0.6) is 5.75 Å². The number of carbonyl (C=O) groups is 1. The number of methoxy groups -OCH3 is 2. The fourth-order valence-electron chi connectivity index (χ4n) is 2.48. The van der Waals surface area contributed by atoms with Crippen LogP contribution in [-0.4, -0.2) is 53.1 Å². The van der Waals surface area contributed by atoms with E-state index in [0.717, 1.165) is 11.3 Å². The van der Waals surface area contributed by atoms with Gasteiger partial charge in [0.15, 0.2) is 0 Å². The van der Waals surface area contributed by atoms with E-state index in [0.29, 0.717) is 25.5 Å². The van der Waals surface area contributed by atoms with Gasteiger partial charge in [0.05, 0.1) is 19.8 Å². The van der Waals surface area contributed by atoms with Crippen LogP contribution in [0.3, 0.4) is 0 Å². The number of rotatable bonds is 8. The van der Waals surface area contributed by atoms with Gasteiger partial charge in [0, 0.05) is 27.2 Å². The minimum absolute atomic E-state index is 0.185. The zero-order chi connectivity index (χ0) is 18.2. The van der Waals surface area contributed by atoms with Crippen molar-refractivity contribution < 1.29 is 14.3 Å². The molecule has 0 fully saturated rings. The monoisotopic (exact) mass is 347 g/mol. The third-order valence-electron chi connectivity index (χ3n) is 3.83. The first kappa shape index (κ1) is 18.7. The second-order valence-corrected chi connectivity index (χ2v) is 5.68. The van der Waals surface area contributed by atoms with E-state index in [4.69, 9.17) is 9.47 Å². The molecule has 0 unspecified atom stereocenters. The Morgan fingerprint density at radius 2 is 2.20 bits per heavy atom. The third kappa shape index (κ3) is 5.18. The molecule has 25 heavy (non-hydrogen) atoms. The highest BCUT2D eigenvalue weighted by Gasteiger charge is 2.19. The van der Waals surface area contributed by atoms with E-state index in [-0.39, 0.29) is 12.1 Å². The molecule has 0 saturated heterocycles. The van der Waals surface area contributed by atoms with Crippen molar-refractivity contribution in [2.75, 3.05) is 27.4 Å². The average Bonchev–Trinajstić information content (AvgIpc) is 3.04. The maximum absolute atomic E-state index is 12.7. The Bertz CT molecular complexity index is 688. The minimum atomic E-state index is -0.254. The number of nitrogens with zero attached hydrogens (tertiary/aromatic N) is 4. The van der Waals surface area contributed by atoms with Crippen molar-refractivity contribution >= 4 is 6.03 Å². The molecule has 0 bridgehead atoms. The highest BCUT2D eigenvalue weighted by Crippen LogP contribution is 2.15. The van der Waals surface area contributed by atoms with E-state index in [1.54, 1.807) is 30.8 Å². The molecule has 1 aromatic heterocycles. The first-order valence-electron chi connectivity index (χ1n) is 8.06. The number of aromatic nitrogens is 3. The molecular formula is C17H25N5O3. The van der Waals surface area contributed by atoms with E-state index in [9.17, 15) is 4.79 Å². The van der Waals surface area contributed by atoms with Crippen LogP contribution in [0.2, 0.25) is 0 Å². The molecule has 0 aliphatic carbocycles. The van der Waals surface area contributed by atoms with Gasteiger partial charge in [-0.2, -0.15) is 5.10 Å². The molecule has 2 rings (SSSR count). The van der Waals surface area contributed by atoms with E-state index in [1.807, 2.05) is 31.2 Å². The number of ether oxygens (including phenoxy) is 2. The topological polar surface area (TPSA) is 81.5 Å². The molecule has 0 aliphatic heterocycles. The Labute approximate surface area is 147 Å². The summed E-state index contributed by atoms with van der Waals surface area (Å²) in [5.41, 5.74) is 0.983. The van der Waals surface area contributed by atoms with Crippen LogP contribution < -0.4 is 10.1 Å². The number of urea groups is 1. The van der Waals surface area contributed by atoms with Crippen LogP contribution in [0, 0.1) is 0 Å². The molecule has 2 amide bonds. The fourth-order valence-corrected chi connectivity index (χ4v) is 2.48. The van der Waals surface area contributed by atoms with Crippen molar-refractivity contribution in [3.8, 4) is 5.75 Å². The first-order chi connectivity index (χ1) is 12.0. The van der Waals surface area contributed by atoms with Crippen LogP contribution >= 0.6 is 0 Å². The van der Waals surface area contributed by atoms with Crippen LogP contribution in [0.15, 0.2) is 30.6 Å². The molecule has 0 aliphatic rings. The van der Waals surface area contributed by atoms with Crippen LogP contribution in [0.1, 0.15) is 24.4 Å². The zero-order valence-corrected chi connectivity index (χ0v) is 15.1. The van der Waals surface area contributed by atoms with Crippen molar-refractivity contribution in [2.45, 2.75) is 19.5 Å². The Kier molecular flexibility index (Phi) is 6.76. The number of benzene rings is 1. The van der Waals surface area contributed by atoms with E-state index in [1.165, 1.54) is 6.33 Å². The summed E-state index contributed by atoms with van der Waals surface area (Å²) < 4.78 is 12.0. The highest BCUT2D eigenvalue weighted by atomic mass is 16.5. The van der Waals surface area contributed by atoms with Gasteiger partial charge < -0.3 is 19.7 Å². The molecule has 8 nitrogen and oxygen atoms in total. The molecule has 0 radical (unpaired) electrons. The van der Waals surface area contributed by atoms with Crippen molar-refractivity contribution in [1.82, 2.24) is 25.0 Å². The predicted molar refractivity (Wildman–Crippen MR) is 93.2 cm³/mol. The minimum Gasteiger partial charge on any atom is -0.497 e. The molecule has 0 saturated carbocycles. The zero-order valence-electron chi connectivity index (χ0n) is 15.1.